The van der Waals surface area contributed by atoms with E-state index < -0.39 is 11.7 Å². The zero-order chi connectivity index (χ0) is 20.6. The van der Waals surface area contributed by atoms with Gasteiger partial charge in [0, 0.05) is 11.9 Å². The lowest BCUT2D eigenvalue weighted by atomic mass is 10.2. The van der Waals surface area contributed by atoms with Gasteiger partial charge in [0.2, 0.25) is 5.91 Å². The first-order valence-corrected chi connectivity index (χ1v) is 10.1. The first-order valence-electron chi connectivity index (χ1n) is 8.96. The number of aromatic nitrogens is 1. The molecule has 7 heteroatoms. The molecule has 0 radical (unpaired) electrons. The van der Waals surface area contributed by atoms with Gasteiger partial charge in [0.25, 0.3) is 5.91 Å². The van der Waals surface area contributed by atoms with E-state index in [1.807, 2.05) is 25.1 Å². The summed E-state index contributed by atoms with van der Waals surface area (Å²) in [5.41, 5.74) is 3.04. The number of hydrogen-bond donors (Lipinski definition) is 2. The molecule has 0 aliphatic rings. The summed E-state index contributed by atoms with van der Waals surface area (Å²) < 4.78 is 13.7. The highest BCUT2D eigenvalue weighted by Crippen LogP contribution is 2.24. The number of rotatable bonds is 7. The maximum absolute atomic E-state index is 13.7. The van der Waals surface area contributed by atoms with E-state index in [-0.39, 0.29) is 23.0 Å². The first-order chi connectivity index (χ1) is 14.0. The SMILES string of the molecule is Cc1cccc(CSCC(=O)Nc2cc(F)ccc2NC(=O)c2ccccn2)c1. The number of pyridine rings is 1. The standard InChI is InChI=1S/C22H20FN3O2S/c1-15-5-4-6-16(11-15)13-29-14-21(27)25-20-12-17(23)8-9-18(20)26-22(28)19-7-2-3-10-24-19/h2-12H,13-14H2,1H3,(H,25,27)(H,26,28). The van der Waals surface area contributed by atoms with Crippen LogP contribution in [0.4, 0.5) is 15.8 Å². The molecule has 0 aliphatic heterocycles. The van der Waals surface area contributed by atoms with Gasteiger partial charge < -0.3 is 10.6 Å². The predicted octanol–water partition coefficient (Wildman–Crippen LogP) is 4.65. The van der Waals surface area contributed by atoms with Crippen molar-refractivity contribution in [1.29, 1.82) is 0 Å². The van der Waals surface area contributed by atoms with Crippen molar-refractivity contribution in [3.63, 3.8) is 0 Å². The third-order valence-corrected chi connectivity index (χ3v) is 4.99. The van der Waals surface area contributed by atoms with Gasteiger partial charge in [-0.3, -0.25) is 14.6 Å². The van der Waals surface area contributed by atoms with Crippen LogP contribution < -0.4 is 10.6 Å². The molecule has 3 rings (SSSR count). The summed E-state index contributed by atoms with van der Waals surface area (Å²) >= 11 is 1.46. The van der Waals surface area contributed by atoms with Gasteiger partial charge in [0.1, 0.15) is 11.5 Å². The van der Waals surface area contributed by atoms with E-state index in [1.54, 1.807) is 18.2 Å². The summed E-state index contributed by atoms with van der Waals surface area (Å²) in [6, 6.07) is 16.9. The first kappa shape index (κ1) is 20.5. The molecule has 0 saturated carbocycles. The quantitative estimate of drug-likeness (QED) is 0.596. The van der Waals surface area contributed by atoms with Crippen LogP contribution in [0.1, 0.15) is 21.6 Å². The Bertz CT molecular complexity index is 1010. The van der Waals surface area contributed by atoms with E-state index in [9.17, 15) is 14.0 Å². The molecule has 0 aliphatic carbocycles. The average Bonchev–Trinajstić information content (AvgIpc) is 2.70. The normalized spacial score (nSPS) is 10.4. The molecular formula is C22H20FN3O2S. The van der Waals surface area contributed by atoms with Crippen molar-refractivity contribution in [3.8, 4) is 0 Å². The van der Waals surface area contributed by atoms with Gasteiger partial charge in [-0.1, -0.05) is 35.9 Å². The Labute approximate surface area is 172 Å². The number of anilines is 2. The van der Waals surface area contributed by atoms with Gasteiger partial charge >= 0.3 is 0 Å². The Kier molecular flexibility index (Phi) is 6.97. The van der Waals surface area contributed by atoms with Crippen molar-refractivity contribution >= 4 is 35.0 Å². The van der Waals surface area contributed by atoms with Crippen molar-refractivity contribution in [1.82, 2.24) is 4.98 Å². The van der Waals surface area contributed by atoms with E-state index in [2.05, 4.69) is 21.7 Å². The van der Waals surface area contributed by atoms with Crippen LogP contribution in [0.3, 0.4) is 0 Å². The number of halogens is 1. The Balaban J connectivity index is 1.61. The zero-order valence-electron chi connectivity index (χ0n) is 15.8. The van der Waals surface area contributed by atoms with E-state index in [1.165, 1.54) is 41.7 Å². The highest BCUT2D eigenvalue weighted by atomic mass is 32.2. The van der Waals surface area contributed by atoms with E-state index in [0.717, 1.165) is 5.56 Å². The fourth-order valence-corrected chi connectivity index (χ4v) is 3.44. The smallest absolute Gasteiger partial charge is 0.274 e. The topological polar surface area (TPSA) is 71.1 Å². The molecule has 2 amide bonds. The average molecular weight is 409 g/mol. The fourth-order valence-electron chi connectivity index (χ4n) is 2.66. The number of carbonyl (C=O) groups excluding carboxylic acids is 2. The highest BCUT2D eigenvalue weighted by Gasteiger charge is 2.13. The summed E-state index contributed by atoms with van der Waals surface area (Å²) in [6.07, 6.45) is 1.51. The summed E-state index contributed by atoms with van der Waals surface area (Å²) in [4.78, 5) is 28.6. The van der Waals surface area contributed by atoms with E-state index >= 15 is 0 Å². The third-order valence-electron chi connectivity index (χ3n) is 3.99. The molecule has 148 valence electrons. The number of aryl methyl sites for hydroxylation is 1. The van der Waals surface area contributed by atoms with Crippen molar-refractivity contribution in [2.45, 2.75) is 12.7 Å². The lowest BCUT2D eigenvalue weighted by molar-refractivity contribution is -0.113. The second kappa shape index (κ2) is 9.84. The molecular weight excluding hydrogens is 389 g/mol. The summed E-state index contributed by atoms with van der Waals surface area (Å²) in [5.74, 6) is -0.328. The Morgan fingerprint density at radius 1 is 1.00 bits per heavy atom. The minimum Gasteiger partial charge on any atom is -0.323 e. The van der Waals surface area contributed by atoms with Gasteiger partial charge in [-0.25, -0.2) is 4.39 Å². The number of nitrogens with zero attached hydrogens (tertiary/aromatic N) is 1. The molecule has 0 bridgehead atoms. The van der Waals surface area contributed by atoms with Gasteiger partial charge in [0.15, 0.2) is 0 Å². The third kappa shape index (κ3) is 6.15. The number of amides is 2. The molecule has 2 aromatic carbocycles. The summed E-state index contributed by atoms with van der Waals surface area (Å²) in [7, 11) is 0. The minimum atomic E-state index is -0.511. The lowest BCUT2D eigenvalue weighted by Crippen LogP contribution is -2.18. The number of nitrogens with one attached hydrogen (secondary N) is 2. The molecule has 0 fully saturated rings. The molecule has 1 aromatic heterocycles. The van der Waals surface area contributed by atoms with Crippen LogP contribution in [0.5, 0.6) is 0 Å². The molecule has 0 spiro atoms. The second-order valence-corrected chi connectivity index (χ2v) is 7.37. The molecule has 0 unspecified atom stereocenters. The molecule has 0 saturated heterocycles. The summed E-state index contributed by atoms with van der Waals surface area (Å²) in [6.45, 7) is 2.02. The lowest BCUT2D eigenvalue weighted by Gasteiger charge is -2.12. The van der Waals surface area contributed by atoms with Crippen molar-refractivity contribution in [3.05, 3.63) is 89.5 Å². The maximum Gasteiger partial charge on any atom is 0.274 e. The highest BCUT2D eigenvalue weighted by molar-refractivity contribution is 7.99. The minimum absolute atomic E-state index is 0.204. The van der Waals surface area contributed by atoms with Crippen LogP contribution in [0, 0.1) is 12.7 Å². The molecule has 2 N–H and O–H groups in total. The zero-order valence-corrected chi connectivity index (χ0v) is 16.6. The molecule has 29 heavy (non-hydrogen) atoms. The van der Waals surface area contributed by atoms with Gasteiger partial charge in [0.05, 0.1) is 17.1 Å². The van der Waals surface area contributed by atoms with E-state index in [0.29, 0.717) is 11.4 Å². The fraction of sp³-hybridized carbons (Fsp3) is 0.136. The number of hydrogen-bond acceptors (Lipinski definition) is 4. The number of carbonyl (C=O) groups is 2. The molecule has 3 aromatic rings. The van der Waals surface area contributed by atoms with Gasteiger partial charge in [-0.05, 0) is 42.8 Å². The number of benzene rings is 2. The van der Waals surface area contributed by atoms with Crippen LogP contribution in [0.15, 0.2) is 66.9 Å². The monoisotopic (exact) mass is 409 g/mol. The van der Waals surface area contributed by atoms with E-state index in [4.69, 9.17) is 0 Å². The predicted molar refractivity (Wildman–Crippen MR) is 115 cm³/mol. The van der Waals surface area contributed by atoms with Gasteiger partial charge in [-0.2, -0.15) is 0 Å². The molecule has 1 heterocycles. The van der Waals surface area contributed by atoms with Crippen LogP contribution in [-0.2, 0) is 10.5 Å². The molecule has 5 nitrogen and oxygen atoms in total. The Hall–Kier alpha value is -3.19. The number of thioether (sulfide) groups is 1. The summed E-state index contributed by atoms with van der Waals surface area (Å²) in [5, 5.41) is 5.33. The molecule has 0 atom stereocenters. The van der Waals surface area contributed by atoms with Crippen LogP contribution in [0.25, 0.3) is 0 Å². The largest absolute Gasteiger partial charge is 0.323 e. The second-order valence-electron chi connectivity index (χ2n) is 6.39. The van der Waals surface area contributed by atoms with Crippen LogP contribution >= 0.6 is 11.8 Å². The van der Waals surface area contributed by atoms with Crippen molar-refractivity contribution in [2.75, 3.05) is 16.4 Å². The van der Waals surface area contributed by atoms with Gasteiger partial charge in [-0.15, -0.1) is 11.8 Å². The Morgan fingerprint density at radius 3 is 2.62 bits per heavy atom. The van der Waals surface area contributed by atoms with Crippen LogP contribution in [0.2, 0.25) is 0 Å². The van der Waals surface area contributed by atoms with Crippen molar-refractivity contribution < 1.29 is 14.0 Å². The van der Waals surface area contributed by atoms with Crippen LogP contribution in [-0.4, -0.2) is 22.6 Å². The maximum atomic E-state index is 13.7. The van der Waals surface area contributed by atoms with Crippen molar-refractivity contribution in [2.24, 2.45) is 0 Å². The Morgan fingerprint density at radius 2 is 1.86 bits per heavy atom.